The standard InChI is InChI=1S/C6H13NO4S.Na.H/c8-12(9,10)6-3-7-1-4-11-5-2-7;;/h1-6H2,(H,8,9,10);;/q;+1;-1. The molecule has 1 heterocycles. The van der Waals surface area contributed by atoms with E-state index in [0.717, 1.165) is 13.1 Å². The minimum absolute atomic E-state index is 0. The largest absolute Gasteiger partial charge is 1.00 e. The maximum absolute atomic E-state index is 10.4. The first-order valence-electron chi connectivity index (χ1n) is 3.83. The first-order valence-corrected chi connectivity index (χ1v) is 5.44. The van der Waals surface area contributed by atoms with Gasteiger partial charge in [-0.05, 0) is 0 Å². The Hall–Kier alpha value is 0.830. The van der Waals surface area contributed by atoms with Crippen LogP contribution < -0.4 is 29.6 Å². The number of hydrogen-bond acceptors (Lipinski definition) is 4. The predicted octanol–water partition coefficient (Wildman–Crippen LogP) is -3.68. The molecule has 0 amide bonds. The van der Waals surface area contributed by atoms with E-state index >= 15 is 0 Å². The van der Waals surface area contributed by atoms with Gasteiger partial charge in [-0.1, -0.05) is 0 Å². The summed E-state index contributed by atoms with van der Waals surface area (Å²) in [6, 6.07) is 0. The van der Waals surface area contributed by atoms with Gasteiger partial charge in [-0.15, -0.1) is 0 Å². The predicted molar refractivity (Wildman–Crippen MR) is 44.8 cm³/mol. The molecular weight excluding hydrogens is 205 g/mol. The van der Waals surface area contributed by atoms with Crippen LogP contribution in [0.2, 0.25) is 0 Å². The Balaban J connectivity index is 0. The summed E-state index contributed by atoms with van der Waals surface area (Å²) in [6.45, 7) is 3.17. The second-order valence-electron chi connectivity index (χ2n) is 2.74. The number of hydrogen-bond donors (Lipinski definition) is 1. The van der Waals surface area contributed by atoms with Crippen LogP contribution in [0.4, 0.5) is 0 Å². The van der Waals surface area contributed by atoms with Crippen LogP contribution in [0.5, 0.6) is 0 Å². The van der Waals surface area contributed by atoms with Crippen molar-refractivity contribution in [2.24, 2.45) is 0 Å². The van der Waals surface area contributed by atoms with E-state index in [4.69, 9.17) is 9.29 Å². The van der Waals surface area contributed by atoms with Crippen molar-refractivity contribution >= 4 is 10.1 Å². The molecule has 0 radical (unpaired) electrons. The van der Waals surface area contributed by atoms with E-state index in [2.05, 4.69) is 0 Å². The van der Waals surface area contributed by atoms with Gasteiger partial charge in [0.25, 0.3) is 10.1 Å². The van der Waals surface area contributed by atoms with E-state index in [1.165, 1.54) is 0 Å². The minimum Gasteiger partial charge on any atom is -1.00 e. The van der Waals surface area contributed by atoms with Crippen LogP contribution in [0.1, 0.15) is 1.43 Å². The SMILES string of the molecule is O=S(=O)(O)CCN1CCOCC1.[H-].[Na+]. The summed E-state index contributed by atoms with van der Waals surface area (Å²) in [5, 5.41) is 0. The van der Waals surface area contributed by atoms with E-state index in [9.17, 15) is 8.42 Å². The molecule has 0 aromatic carbocycles. The molecule has 0 unspecified atom stereocenters. The first kappa shape index (κ1) is 13.8. The molecule has 0 saturated carbocycles. The Morgan fingerprint density at radius 2 is 1.92 bits per heavy atom. The molecule has 1 aliphatic rings. The molecule has 74 valence electrons. The van der Waals surface area contributed by atoms with Gasteiger partial charge < -0.3 is 6.16 Å². The zero-order valence-electron chi connectivity index (χ0n) is 8.77. The van der Waals surface area contributed by atoms with Crippen LogP contribution in [-0.2, 0) is 14.9 Å². The van der Waals surface area contributed by atoms with Crippen molar-refractivity contribution in [1.82, 2.24) is 4.90 Å². The van der Waals surface area contributed by atoms with Crippen LogP contribution in [0.3, 0.4) is 0 Å². The summed E-state index contributed by atoms with van der Waals surface area (Å²) in [5.41, 5.74) is 0. The van der Waals surface area contributed by atoms with Crippen molar-refractivity contribution in [1.29, 1.82) is 0 Å². The Labute approximate surface area is 102 Å². The third-order valence-corrected chi connectivity index (χ3v) is 2.47. The molecule has 0 aromatic heterocycles. The van der Waals surface area contributed by atoms with Crippen LogP contribution in [0, 0.1) is 0 Å². The van der Waals surface area contributed by atoms with Crippen molar-refractivity contribution in [3.63, 3.8) is 0 Å². The van der Waals surface area contributed by atoms with Gasteiger partial charge >= 0.3 is 29.6 Å². The van der Waals surface area contributed by atoms with Gasteiger partial charge in [0, 0.05) is 19.6 Å². The molecule has 0 atom stereocenters. The minimum atomic E-state index is -3.81. The Kier molecular flexibility index (Phi) is 6.74. The van der Waals surface area contributed by atoms with Crippen LogP contribution in [-0.4, -0.2) is 56.5 Å². The van der Waals surface area contributed by atoms with Crippen LogP contribution in [0.25, 0.3) is 0 Å². The van der Waals surface area contributed by atoms with Crippen molar-refractivity contribution in [2.45, 2.75) is 0 Å². The summed E-state index contributed by atoms with van der Waals surface area (Å²) in [4.78, 5) is 1.96. The van der Waals surface area contributed by atoms with Crippen molar-refractivity contribution < 1.29 is 48.7 Å². The van der Waals surface area contributed by atoms with E-state index in [0.29, 0.717) is 19.8 Å². The van der Waals surface area contributed by atoms with Crippen molar-refractivity contribution in [3.8, 4) is 0 Å². The smallest absolute Gasteiger partial charge is 1.00 e. The average molecular weight is 219 g/mol. The molecule has 0 bridgehead atoms. The van der Waals surface area contributed by atoms with Gasteiger partial charge in [-0.25, -0.2) is 0 Å². The van der Waals surface area contributed by atoms with Gasteiger partial charge in [0.15, 0.2) is 0 Å². The van der Waals surface area contributed by atoms with E-state index in [-0.39, 0.29) is 36.7 Å². The number of nitrogens with zero attached hydrogens (tertiary/aromatic N) is 1. The Morgan fingerprint density at radius 3 is 2.38 bits per heavy atom. The second kappa shape index (κ2) is 6.34. The monoisotopic (exact) mass is 219 g/mol. The number of rotatable bonds is 3. The fourth-order valence-electron chi connectivity index (χ4n) is 1.07. The molecule has 1 aliphatic heterocycles. The maximum Gasteiger partial charge on any atom is 1.00 e. The average Bonchev–Trinajstić information content (AvgIpc) is 2.02. The van der Waals surface area contributed by atoms with Gasteiger partial charge in [0.1, 0.15) is 0 Å². The van der Waals surface area contributed by atoms with E-state index < -0.39 is 10.1 Å². The molecule has 1 fully saturated rings. The zero-order valence-corrected chi connectivity index (χ0v) is 10.6. The molecule has 0 aliphatic carbocycles. The Bertz CT molecular complexity index is 230. The fraction of sp³-hybridized carbons (Fsp3) is 1.00. The Morgan fingerprint density at radius 1 is 1.38 bits per heavy atom. The molecule has 0 aromatic rings. The molecule has 1 N–H and O–H groups in total. The molecule has 1 rings (SSSR count). The molecule has 0 spiro atoms. The van der Waals surface area contributed by atoms with Gasteiger partial charge in [-0.2, -0.15) is 8.42 Å². The molecule has 1 saturated heterocycles. The van der Waals surface area contributed by atoms with Gasteiger partial charge in [-0.3, -0.25) is 9.45 Å². The topological polar surface area (TPSA) is 66.8 Å². The first-order chi connectivity index (χ1) is 5.58. The normalized spacial score (nSPS) is 19.5. The van der Waals surface area contributed by atoms with E-state index in [1.807, 2.05) is 4.90 Å². The second-order valence-corrected chi connectivity index (χ2v) is 4.31. The zero-order chi connectivity index (χ0) is 9.03. The molecule has 7 heteroatoms. The number of ether oxygens (including phenoxy) is 1. The molecule has 13 heavy (non-hydrogen) atoms. The maximum atomic E-state index is 10.4. The van der Waals surface area contributed by atoms with Gasteiger partial charge in [0.05, 0.1) is 19.0 Å². The fourth-order valence-corrected chi connectivity index (χ4v) is 1.56. The summed E-state index contributed by atoms with van der Waals surface area (Å²) in [6.07, 6.45) is 0. The van der Waals surface area contributed by atoms with Gasteiger partial charge in [0.2, 0.25) is 0 Å². The molecule has 5 nitrogen and oxygen atoms in total. The third-order valence-electron chi connectivity index (χ3n) is 1.77. The summed E-state index contributed by atoms with van der Waals surface area (Å²) < 4.78 is 34.3. The summed E-state index contributed by atoms with van der Waals surface area (Å²) in [5.74, 6) is -0.188. The number of morpholine rings is 1. The van der Waals surface area contributed by atoms with E-state index in [1.54, 1.807) is 0 Å². The van der Waals surface area contributed by atoms with Crippen LogP contribution in [0.15, 0.2) is 0 Å². The quantitative estimate of drug-likeness (QED) is 0.391. The van der Waals surface area contributed by atoms with Crippen molar-refractivity contribution in [2.75, 3.05) is 38.6 Å². The van der Waals surface area contributed by atoms with Crippen LogP contribution >= 0.6 is 0 Å². The molecular formula is C6H14NNaO4S. The third kappa shape index (κ3) is 6.84. The van der Waals surface area contributed by atoms with Crippen molar-refractivity contribution in [3.05, 3.63) is 0 Å². The summed E-state index contributed by atoms with van der Waals surface area (Å²) in [7, 11) is -3.81. The summed E-state index contributed by atoms with van der Waals surface area (Å²) >= 11 is 0.